The number of nitrogens with zero attached hydrogens (tertiary/aromatic N) is 2. The van der Waals surface area contributed by atoms with Crippen LogP contribution in [0.25, 0.3) is 11.1 Å². The van der Waals surface area contributed by atoms with Crippen molar-refractivity contribution in [2.75, 3.05) is 13.1 Å². The fraction of sp³-hybridized carbons (Fsp3) is 0.296. The first-order valence-corrected chi connectivity index (χ1v) is 11.2. The molecule has 1 amide bonds. The van der Waals surface area contributed by atoms with Crippen molar-refractivity contribution < 1.29 is 14.3 Å². The Kier molecular flexibility index (Phi) is 4.22. The maximum absolute atomic E-state index is 13.8. The Morgan fingerprint density at radius 3 is 2.34 bits per heavy atom. The molecule has 1 saturated heterocycles. The highest BCUT2D eigenvalue weighted by Gasteiger charge is 2.55. The maximum Gasteiger partial charge on any atom is 0.339 e. The first-order valence-electron chi connectivity index (χ1n) is 11.2. The Labute approximate surface area is 187 Å². The Hall–Kier alpha value is -3.47. The van der Waals surface area contributed by atoms with Gasteiger partial charge in [-0.3, -0.25) is 9.78 Å². The van der Waals surface area contributed by atoms with E-state index in [-0.39, 0.29) is 11.9 Å². The first-order chi connectivity index (χ1) is 15.6. The molecule has 2 aromatic carbocycles. The summed E-state index contributed by atoms with van der Waals surface area (Å²) in [6.07, 6.45) is 7.00. The lowest BCUT2D eigenvalue weighted by atomic mass is 9.63. The van der Waals surface area contributed by atoms with E-state index in [2.05, 4.69) is 29.2 Å². The molecule has 2 aliphatic heterocycles. The smallest absolute Gasteiger partial charge is 0.339 e. The van der Waals surface area contributed by atoms with Gasteiger partial charge in [-0.1, -0.05) is 48.9 Å². The molecule has 3 aliphatic rings. The zero-order chi connectivity index (χ0) is 21.8. The van der Waals surface area contributed by atoms with Crippen molar-refractivity contribution in [1.29, 1.82) is 0 Å². The van der Waals surface area contributed by atoms with E-state index in [0.717, 1.165) is 41.5 Å². The molecule has 3 heterocycles. The Bertz CT molecular complexity index is 1200. The highest BCUT2D eigenvalue weighted by molar-refractivity contribution is 5.95. The number of hydrogen-bond acceptors (Lipinski definition) is 4. The van der Waals surface area contributed by atoms with Crippen LogP contribution < -0.4 is 0 Å². The van der Waals surface area contributed by atoms with Gasteiger partial charge in [-0.2, -0.15) is 0 Å². The molecule has 0 unspecified atom stereocenters. The Morgan fingerprint density at radius 1 is 0.906 bits per heavy atom. The lowest BCUT2D eigenvalue weighted by Crippen LogP contribution is -2.51. The van der Waals surface area contributed by atoms with E-state index in [1.807, 2.05) is 41.3 Å². The highest BCUT2D eigenvalue weighted by atomic mass is 16.6. The average Bonchev–Trinajstić information content (AvgIpc) is 3.36. The van der Waals surface area contributed by atoms with Crippen molar-refractivity contribution in [3.05, 3.63) is 89.7 Å². The van der Waals surface area contributed by atoms with Gasteiger partial charge in [0, 0.05) is 30.9 Å². The summed E-state index contributed by atoms with van der Waals surface area (Å²) in [7, 11) is 0. The summed E-state index contributed by atoms with van der Waals surface area (Å²) in [5, 5.41) is 0. The number of aromatic nitrogens is 1. The predicted molar refractivity (Wildman–Crippen MR) is 120 cm³/mol. The second kappa shape index (κ2) is 7.02. The second-order valence-corrected chi connectivity index (χ2v) is 9.16. The highest BCUT2D eigenvalue weighted by Crippen LogP contribution is 2.49. The van der Waals surface area contributed by atoms with E-state index in [1.165, 1.54) is 0 Å². The number of carbonyl (C=O) groups excluding carboxylic acids is 2. The van der Waals surface area contributed by atoms with E-state index in [9.17, 15) is 9.59 Å². The molecule has 160 valence electrons. The van der Waals surface area contributed by atoms with E-state index < -0.39 is 11.0 Å². The molecule has 2 fully saturated rings. The van der Waals surface area contributed by atoms with Crippen molar-refractivity contribution >= 4 is 11.9 Å². The number of likely N-dealkylation sites (tertiary alicyclic amines) is 1. The number of hydrogen-bond donors (Lipinski definition) is 0. The number of pyridine rings is 1. The van der Waals surface area contributed by atoms with Crippen LogP contribution in [0.4, 0.5) is 0 Å². The topological polar surface area (TPSA) is 59.5 Å². The SMILES string of the molecule is O=C1O[C@]2(CCN(C(=O)C3(c4ccc(-c5ccncc5)cc4)CCC3)C2)c2ccccc21. The van der Waals surface area contributed by atoms with Gasteiger partial charge < -0.3 is 9.64 Å². The monoisotopic (exact) mass is 424 g/mol. The quantitative estimate of drug-likeness (QED) is 0.582. The number of carbonyl (C=O) groups is 2. The molecule has 0 bridgehead atoms. The number of amides is 1. The van der Waals surface area contributed by atoms with Crippen molar-refractivity contribution in [3.63, 3.8) is 0 Å². The van der Waals surface area contributed by atoms with Gasteiger partial charge in [0.2, 0.25) is 5.91 Å². The minimum absolute atomic E-state index is 0.165. The van der Waals surface area contributed by atoms with Crippen molar-refractivity contribution in [2.45, 2.75) is 36.7 Å². The summed E-state index contributed by atoms with van der Waals surface area (Å²) < 4.78 is 5.86. The summed E-state index contributed by atoms with van der Waals surface area (Å²) in [4.78, 5) is 32.2. The molecule has 1 atom stereocenters. The van der Waals surface area contributed by atoms with E-state index in [4.69, 9.17) is 4.74 Å². The predicted octanol–water partition coefficient (Wildman–Crippen LogP) is 4.47. The van der Waals surface area contributed by atoms with Crippen LogP contribution >= 0.6 is 0 Å². The van der Waals surface area contributed by atoms with E-state index >= 15 is 0 Å². The molecule has 0 N–H and O–H groups in total. The number of benzene rings is 2. The molecule has 32 heavy (non-hydrogen) atoms. The van der Waals surface area contributed by atoms with Gasteiger partial charge in [0.25, 0.3) is 0 Å². The van der Waals surface area contributed by atoms with Gasteiger partial charge in [0.1, 0.15) is 0 Å². The fourth-order valence-electron chi connectivity index (χ4n) is 5.59. The number of ether oxygens (including phenoxy) is 1. The number of rotatable bonds is 3. The molecule has 5 heteroatoms. The van der Waals surface area contributed by atoms with Crippen molar-refractivity contribution in [2.24, 2.45) is 0 Å². The molecule has 1 aromatic heterocycles. The van der Waals surface area contributed by atoms with Crippen LogP contribution in [0.3, 0.4) is 0 Å². The minimum atomic E-state index is -0.695. The van der Waals surface area contributed by atoms with Crippen molar-refractivity contribution in [3.8, 4) is 11.1 Å². The largest absolute Gasteiger partial charge is 0.449 e. The van der Waals surface area contributed by atoms with Crippen LogP contribution in [0, 0.1) is 0 Å². The summed E-state index contributed by atoms with van der Waals surface area (Å²) in [5.41, 5.74) is 3.70. The molecular weight excluding hydrogens is 400 g/mol. The minimum Gasteiger partial charge on any atom is -0.449 e. The van der Waals surface area contributed by atoms with E-state index in [0.29, 0.717) is 25.1 Å². The Morgan fingerprint density at radius 2 is 1.62 bits per heavy atom. The van der Waals surface area contributed by atoms with Crippen LogP contribution in [0.5, 0.6) is 0 Å². The average molecular weight is 425 g/mol. The molecule has 3 aromatic rings. The summed E-state index contributed by atoms with van der Waals surface area (Å²) in [6, 6.07) is 19.9. The molecular formula is C27H24N2O3. The molecule has 1 spiro atoms. The molecule has 1 aliphatic carbocycles. The fourth-order valence-corrected chi connectivity index (χ4v) is 5.59. The lowest BCUT2D eigenvalue weighted by Gasteiger charge is -2.43. The molecule has 6 rings (SSSR count). The number of fused-ring (bicyclic) bond motifs is 2. The van der Waals surface area contributed by atoms with Gasteiger partial charge in [0.15, 0.2) is 5.60 Å². The third-order valence-electron chi connectivity index (χ3n) is 7.51. The molecule has 0 radical (unpaired) electrons. The Balaban J connectivity index is 1.27. The molecule has 5 nitrogen and oxygen atoms in total. The van der Waals surface area contributed by atoms with Gasteiger partial charge in [-0.05, 0) is 47.7 Å². The van der Waals surface area contributed by atoms with Crippen LogP contribution in [0.1, 0.15) is 47.2 Å². The van der Waals surface area contributed by atoms with Crippen molar-refractivity contribution in [1.82, 2.24) is 9.88 Å². The zero-order valence-electron chi connectivity index (χ0n) is 17.8. The molecule has 1 saturated carbocycles. The second-order valence-electron chi connectivity index (χ2n) is 9.16. The van der Waals surface area contributed by atoms with Crippen LogP contribution in [0.2, 0.25) is 0 Å². The third-order valence-corrected chi connectivity index (χ3v) is 7.51. The summed E-state index contributed by atoms with van der Waals surface area (Å²) >= 11 is 0. The normalized spacial score (nSPS) is 23.0. The summed E-state index contributed by atoms with van der Waals surface area (Å²) in [5.74, 6) is -0.113. The maximum atomic E-state index is 13.8. The van der Waals surface area contributed by atoms with Gasteiger partial charge in [-0.15, -0.1) is 0 Å². The van der Waals surface area contributed by atoms with Crippen LogP contribution in [-0.2, 0) is 20.5 Å². The van der Waals surface area contributed by atoms with Gasteiger partial charge in [-0.25, -0.2) is 4.79 Å². The van der Waals surface area contributed by atoms with Crippen LogP contribution in [-0.4, -0.2) is 34.8 Å². The standard InChI is InChI=1S/C27H24N2O3/c30-24-22-4-1-2-5-23(22)27(32-24)14-17-29(18-27)25(31)26(12-3-13-26)21-8-6-19(7-9-21)20-10-15-28-16-11-20/h1-2,4-11,15-16H,3,12-14,17-18H2/t27-/m0/s1. The zero-order valence-corrected chi connectivity index (χ0v) is 17.8. The van der Waals surface area contributed by atoms with Gasteiger partial charge in [0.05, 0.1) is 17.5 Å². The summed E-state index contributed by atoms with van der Waals surface area (Å²) in [6.45, 7) is 1.04. The van der Waals surface area contributed by atoms with E-state index in [1.54, 1.807) is 12.4 Å². The third kappa shape index (κ3) is 2.73. The van der Waals surface area contributed by atoms with Gasteiger partial charge >= 0.3 is 5.97 Å². The number of esters is 1. The van der Waals surface area contributed by atoms with Crippen LogP contribution in [0.15, 0.2) is 73.1 Å². The lowest BCUT2D eigenvalue weighted by molar-refractivity contribution is -0.140. The first kappa shape index (κ1) is 19.2.